The topological polar surface area (TPSA) is 40.5 Å². The lowest BCUT2D eigenvalue weighted by atomic mass is 9.71. The fourth-order valence-electron chi connectivity index (χ4n) is 3.36. The van der Waals surface area contributed by atoms with Gasteiger partial charge in [0, 0.05) is 23.5 Å². The average molecular weight is 423 g/mol. The number of rotatable bonds is 1. The van der Waals surface area contributed by atoms with Gasteiger partial charge in [0.2, 0.25) is 0 Å². The monoisotopic (exact) mass is 421 g/mol. The maximum atomic E-state index is 12.6. The Labute approximate surface area is 139 Å². The van der Waals surface area contributed by atoms with E-state index in [1.165, 1.54) is 17.8 Å². The Balaban J connectivity index is 1.74. The third-order valence-electron chi connectivity index (χ3n) is 4.57. The van der Waals surface area contributed by atoms with Crippen LogP contribution < -0.4 is 0 Å². The quantitative estimate of drug-likeness (QED) is 0.741. The third-order valence-corrected chi connectivity index (χ3v) is 7.81. The molecule has 1 N–H and O–H groups in total. The molecule has 1 aromatic rings. The van der Waals surface area contributed by atoms with E-state index < -0.39 is 5.60 Å². The summed E-state index contributed by atoms with van der Waals surface area (Å²) in [5, 5.41) is 10.7. The normalized spacial score (nSPS) is 30.1. The molecule has 0 aromatic carbocycles. The molecular weight excluding hydrogens is 406 g/mol. The van der Waals surface area contributed by atoms with Crippen molar-refractivity contribution in [2.75, 3.05) is 13.1 Å². The molecule has 1 amide bonds. The summed E-state index contributed by atoms with van der Waals surface area (Å²) < 4.78 is 1.88. The summed E-state index contributed by atoms with van der Waals surface area (Å²) in [7, 11) is 0. The molecule has 0 spiro atoms. The molecule has 20 heavy (non-hydrogen) atoms. The highest BCUT2D eigenvalue weighted by atomic mass is 79.9. The lowest BCUT2D eigenvalue weighted by Gasteiger charge is -2.47. The summed E-state index contributed by atoms with van der Waals surface area (Å²) in [6.07, 6.45) is 4.95. The molecule has 2 aliphatic rings. The van der Waals surface area contributed by atoms with Crippen molar-refractivity contribution in [3.63, 3.8) is 0 Å². The molecular formula is C14H17Br2NO2S. The zero-order chi connectivity index (χ0) is 14.3. The summed E-state index contributed by atoms with van der Waals surface area (Å²) in [5.74, 6) is 0.342. The Kier molecular flexibility index (Phi) is 4.28. The van der Waals surface area contributed by atoms with Gasteiger partial charge in [-0.3, -0.25) is 4.79 Å². The Morgan fingerprint density at radius 1 is 1.40 bits per heavy atom. The third kappa shape index (κ3) is 2.72. The van der Waals surface area contributed by atoms with Gasteiger partial charge in [-0.15, -0.1) is 11.3 Å². The fraction of sp³-hybridized carbons (Fsp3) is 0.643. The summed E-state index contributed by atoms with van der Waals surface area (Å²) >= 11 is 8.32. The molecule has 2 unspecified atom stereocenters. The van der Waals surface area contributed by atoms with Crippen LogP contribution >= 0.6 is 43.2 Å². The number of hydrogen-bond acceptors (Lipinski definition) is 3. The van der Waals surface area contributed by atoms with E-state index in [2.05, 4.69) is 31.9 Å². The average Bonchev–Trinajstić information content (AvgIpc) is 2.77. The first-order valence-corrected chi connectivity index (χ1v) is 9.36. The molecule has 1 aliphatic heterocycles. The van der Waals surface area contributed by atoms with E-state index in [-0.39, 0.29) is 11.8 Å². The van der Waals surface area contributed by atoms with Gasteiger partial charge in [-0.2, -0.15) is 0 Å². The molecule has 1 saturated heterocycles. The number of carbonyl (C=O) groups excluding carboxylic acids is 1. The second kappa shape index (κ2) is 5.71. The van der Waals surface area contributed by atoms with Gasteiger partial charge in [0.05, 0.1) is 14.3 Å². The maximum Gasteiger partial charge on any atom is 0.264 e. The summed E-state index contributed by atoms with van der Waals surface area (Å²) in [4.78, 5) is 15.2. The highest BCUT2D eigenvalue weighted by Crippen LogP contribution is 2.40. The van der Waals surface area contributed by atoms with Crippen LogP contribution in [0, 0.1) is 5.92 Å². The first-order chi connectivity index (χ1) is 9.49. The maximum absolute atomic E-state index is 12.6. The van der Waals surface area contributed by atoms with Gasteiger partial charge < -0.3 is 10.0 Å². The minimum atomic E-state index is -0.522. The van der Waals surface area contributed by atoms with Gasteiger partial charge in [0.1, 0.15) is 0 Å². The van der Waals surface area contributed by atoms with E-state index >= 15 is 0 Å². The smallest absolute Gasteiger partial charge is 0.264 e. The minimum Gasteiger partial charge on any atom is -0.389 e. The van der Waals surface area contributed by atoms with Crippen LogP contribution in [0.1, 0.15) is 41.8 Å². The zero-order valence-electron chi connectivity index (χ0n) is 11.1. The zero-order valence-corrected chi connectivity index (χ0v) is 15.1. The summed E-state index contributed by atoms with van der Waals surface area (Å²) in [6, 6.07) is 1.87. The number of amides is 1. The first-order valence-electron chi connectivity index (χ1n) is 6.96. The second-order valence-electron chi connectivity index (χ2n) is 5.78. The molecule has 2 atom stereocenters. The van der Waals surface area contributed by atoms with Crippen LogP contribution in [0.3, 0.4) is 0 Å². The van der Waals surface area contributed by atoms with Gasteiger partial charge in [0.15, 0.2) is 0 Å². The highest BCUT2D eigenvalue weighted by molar-refractivity contribution is 9.13. The Morgan fingerprint density at radius 2 is 2.20 bits per heavy atom. The SMILES string of the molecule is O=C(c1cc(Br)c(Br)s1)N1CCC2(O)CCCCC2C1. The van der Waals surface area contributed by atoms with Gasteiger partial charge >= 0.3 is 0 Å². The van der Waals surface area contributed by atoms with E-state index in [0.29, 0.717) is 13.1 Å². The van der Waals surface area contributed by atoms with E-state index in [1.54, 1.807) is 0 Å². The molecule has 3 rings (SSSR count). The van der Waals surface area contributed by atoms with Crippen molar-refractivity contribution in [1.82, 2.24) is 4.90 Å². The number of halogens is 2. The number of aliphatic hydroxyl groups is 1. The van der Waals surface area contributed by atoms with Gasteiger partial charge in [-0.25, -0.2) is 0 Å². The molecule has 0 radical (unpaired) electrons. The van der Waals surface area contributed by atoms with E-state index in [0.717, 1.165) is 38.8 Å². The number of thiophene rings is 1. The molecule has 0 bridgehead atoms. The largest absolute Gasteiger partial charge is 0.389 e. The van der Waals surface area contributed by atoms with Crippen molar-refractivity contribution in [1.29, 1.82) is 0 Å². The van der Waals surface area contributed by atoms with Gasteiger partial charge in [-0.05, 0) is 57.2 Å². The molecule has 1 aliphatic carbocycles. The van der Waals surface area contributed by atoms with Crippen molar-refractivity contribution in [3.05, 3.63) is 19.2 Å². The van der Waals surface area contributed by atoms with Crippen LogP contribution in [-0.2, 0) is 0 Å². The summed E-state index contributed by atoms with van der Waals surface area (Å²) in [5.41, 5.74) is -0.522. The number of piperidine rings is 1. The highest BCUT2D eigenvalue weighted by Gasteiger charge is 2.43. The predicted octanol–water partition coefficient (Wildman–Crippen LogP) is 4.04. The van der Waals surface area contributed by atoms with Crippen molar-refractivity contribution < 1.29 is 9.90 Å². The Morgan fingerprint density at radius 3 is 2.90 bits per heavy atom. The molecule has 2 fully saturated rings. The Hall–Kier alpha value is 0.0900. The number of carbonyl (C=O) groups is 1. The number of nitrogens with zero attached hydrogens (tertiary/aromatic N) is 1. The minimum absolute atomic E-state index is 0.0917. The molecule has 3 nitrogen and oxygen atoms in total. The van der Waals surface area contributed by atoms with Crippen LogP contribution in [0.4, 0.5) is 0 Å². The second-order valence-corrected chi connectivity index (χ2v) is 9.00. The van der Waals surface area contributed by atoms with Crippen LogP contribution in [-0.4, -0.2) is 34.6 Å². The molecule has 2 heterocycles. The lowest BCUT2D eigenvalue weighted by molar-refractivity contribution is -0.0885. The van der Waals surface area contributed by atoms with Crippen molar-refractivity contribution >= 4 is 49.1 Å². The van der Waals surface area contributed by atoms with Crippen LogP contribution in [0.25, 0.3) is 0 Å². The number of likely N-dealkylation sites (tertiary alicyclic amines) is 1. The van der Waals surface area contributed by atoms with Crippen molar-refractivity contribution in [2.24, 2.45) is 5.92 Å². The predicted molar refractivity (Wildman–Crippen MR) is 87.1 cm³/mol. The van der Waals surface area contributed by atoms with Crippen molar-refractivity contribution in [2.45, 2.75) is 37.7 Å². The summed E-state index contributed by atoms with van der Waals surface area (Å²) in [6.45, 7) is 1.36. The Bertz CT molecular complexity index is 514. The fourth-order valence-corrected chi connectivity index (χ4v) is 5.37. The molecule has 110 valence electrons. The van der Waals surface area contributed by atoms with Crippen LogP contribution in [0.2, 0.25) is 0 Å². The van der Waals surface area contributed by atoms with E-state index in [4.69, 9.17) is 0 Å². The molecule has 6 heteroatoms. The molecule has 1 saturated carbocycles. The van der Waals surface area contributed by atoms with Crippen LogP contribution in [0.15, 0.2) is 14.3 Å². The lowest BCUT2D eigenvalue weighted by Crippen LogP contribution is -2.54. The van der Waals surface area contributed by atoms with Gasteiger partial charge in [0.25, 0.3) is 5.91 Å². The van der Waals surface area contributed by atoms with Crippen molar-refractivity contribution in [3.8, 4) is 0 Å². The molecule has 1 aromatic heterocycles. The first kappa shape index (κ1) is 15.0. The van der Waals surface area contributed by atoms with Gasteiger partial charge in [-0.1, -0.05) is 12.8 Å². The standard InChI is InChI=1S/C14H17Br2NO2S/c15-10-7-11(20-12(10)16)13(18)17-6-5-14(19)4-2-1-3-9(14)8-17/h7,9,19H,1-6,8H2. The van der Waals surface area contributed by atoms with E-state index in [1.807, 2.05) is 11.0 Å². The van der Waals surface area contributed by atoms with E-state index in [9.17, 15) is 9.90 Å². The number of fused-ring (bicyclic) bond motifs is 1. The number of hydrogen-bond donors (Lipinski definition) is 1. The van der Waals surface area contributed by atoms with Crippen LogP contribution in [0.5, 0.6) is 0 Å².